The molecule has 1 N–H and O–H groups in total. The molecule has 11 heteroatoms. The van der Waals surface area contributed by atoms with E-state index in [0.717, 1.165) is 47.5 Å². The first-order chi connectivity index (χ1) is 20.5. The van der Waals surface area contributed by atoms with Gasteiger partial charge in [0.1, 0.15) is 18.3 Å². The van der Waals surface area contributed by atoms with Crippen LogP contribution in [0.3, 0.4) is 0 Å². The van der Waals surface area contributed by atoms with Crippen molar-refractivity contribution in [3.05, 3.63) is 87.9 Å². The molecule has 0 spiro atoms. The van der Waals surface area contributed by atoms with E-state index < -0.39 is 28.5 Å². The molecule has 0 saturated heterocycles. The van der Waals surface area contributed by atoms with Gasteiger partial charge in [0, 0.05) is 22.6 Å². The van der Waals surface area contributed by atoms with E-state index in [4.69, 9.17) is 27.9 Å². The molecule has 3 aromatic rings. The van der Waals surface area contributed by atoms with E-state index in [2.05, 4.69) is 5.32 Å². The molecule has 4 rings (SSSR count). The zero-order valence-electron chi connectivity index (χ0n) is 24.6. The van der Waals surface area contributed by atoms with Gasteiger partial charge in [-0.15, -0.1) is 0 Å². The minimum Gasteiger partial charge on any atom is -0.495 e. The number of carbonyl (C=O) groups excluding carboxylic acids is 2. The van der Waals surface area contributed by atoms with E-state index in [9.17, 15) is 18.0 Å². The highest BCUT2D eigenvalue weighted by molar-refractivity contribution is 7.92. The molecule has 0 radical (unpaired) electrons. The summed E-state index contributed by atoms with van der Waals surface area (Å²) in [4.78, 5) is 29.0. The summed E-state index contributed by atoms with van der Waals surface area (Å²) in [7, 11) is -2.85. The Morgan fingerprint density at radius 3 is 2.21 bits per heavy atom. The van der Waals surface area contributed by atoms with Crippen LogP contribution in [0.2, 0.25) is 10.0 Å². The number of hydrogen-bond donors (Lipinski definition) is 1. The first-order valence-corrected chi connectivity index (χ1v) is 16.5. The quantitative estimate of drug-likeness (QED) is 0.261. The van der Waals surface area contributed by atoms with Crippen LogP contribution in [0.5, 0.6) is 5.75 Å². The van der Waals surface area contributed by atoms with Gasteiger partial charge >= 0.3 is 0 Å². The van der Waals surface area contributed by atoms with E-state index >= 15 is 0 Å². The van der Waals surface area contributed by atoms with Crippen molar-refractivity contribution in [3.63, 3.8) is 0 Å². The molecule has 0 aromatic heterocycles. The van der Waals surface area contributed by atoms with Gasteiger partial charge in [0.2, 0.25) is 11.8 Å². The summed E-state index contributed by atoms with van der Waals surface area (Å²) in [5.74, 6) is -0.637. The van der Waals surface area contributed by atoms with Gasteiger partial charge in [0.25, 0.3) is 10.0 Å². The van der Waals surface area contributed by atoms with Crippen LogP contribution in [-0.2, 0) is 26.2 Å². The summed E-state index contributed by atoms with van der Waals surface area (Å²) in [6, 6.07) is 17.1. The van der Waals surface area contributed by atoms with Crippen molar-refractivity contribution in [2.75, 3.05) is 18.0 Å². The fraction of sp³-hybridized carbons (Fsp3) is 0.375. The lowest BCUT2D eigenvalue weighted by Gasteiger charge is -2.33. The second-order valence-electron chi connectivity index (χ2n) is 10.8. The van der Waals surface area contributed by atoms with Crippen molar-refractivity contribution in [2.45, 2.75) is 69.5 Å². The largest absolute Gasteiger partial charge is 0.495 e. The molecule has 3 aromatic carbocycles. The molecule has 0 heterocycles. The standard InChI is InChI=1S/C32H37Cl2N3O5S/c1-22-9-16-28(17-10-22)43(40,41)37(29-19-26(34)15-18-30(29)42-3)21-31(38)36(20-24-11-13-25(33)14-12-24)23(2)32(39)35-27-7-5-4-6-8-27/h9-19,23,27H,4-8,20-21H2,1-3H3,(H,35,39)/t23-/m1/s1. The Bertz CT molecular complexity index is 1530. The summed E-state index contributed by atoms with van der Waals surface area (Å²) >= 11 is 12.4. The van der Waals surface area contributed by atoms with Crippen LogP contribution in [0.4, 0.5) is 5.69 Å². The SMILES string of the molecule is COc1ccc(Cl)cc1N(CC(=O)N(Cc1ccc(Cl)cc1)[C@H](C)C(=O)NC1CCCCC1)S(=O)(=O)c1ccc(C)cc1. The number of benzene rings is 3. The molecule has 230 valence electrons. The number of halogens is 2. The highest BCUT2D eigenvalue weighted by Gasteiger charge is 2.34. The van der Waals surface area contributed by atoms with Crippen LogP contribution in [0, 0.1) is 6.92 Å². The van der Waals surface area contributed by atoms with E-state index in [1.807, 2.05) is 6.92 Å². The second kappa shape index (κ2) is 14.5. The molecular formula is C32H37Cl2N3O5S. The van der Waals surface area contributed by atoms with E-state index in [-0.39, 0.29) is 39.8 Å². The van der Waals surface area contributed by atoms with Crippen LogP contribution in [0.1, 0.15) is 50.2 Å². The van der Waals surface area contributed by atoms with E-state index in [1.165, 1.54) is 30.2 Å². The Balaban J connectivity index is 1.72. The summed E-state index contributed by atoms with van der Waals surface area (Å²) < 4.78 is 34.7. The zero-order chi connectivity index (χ0) is 31.1. The third-order valence-electron chi connectivity index (χ3n) is 7.68. The van der Waals surface area contributed by atoms with Crippen molar-refractivity contribution in [3.8, 4) is 5.75 Å². The predicted octanol–water partition coefficient (Wildman–Crippen LogP) is 6.37. The lowest BCUT2D eigenvalue weighted by atomic mass is 9.95. The maximum atomic E-state index is 14.2. The molecule has 0 aliphatic heterocycles. The number of rotatable bonds is 11. The number of aryl methyl sites for hydroxylation is 1. The van der Waals surface area contributed by atoms with Gasteiger partial charge in [0.15, 0.2) is 0 Å². The Morgan fingerprint density at radius 1 is 0.953 bits per heavy atom. The fourth-order valence-corrected chi connectivity index (χ4v) is 6.86. The number of hydrogen-bond acceptors (Lipinski definition) is 5. The molecule has 43 heavy (non-hydrogen) atoms. The minimum atomic E-state index is -4.27. The molecule has 1 fully saturated rings. The highest BCUT2D eigenvalue weighted by atomic mass is 35.5. The fourth-order valence-electron chi connectivity index (χ4n) is 5.15. The van der Waals surface area contributed by atoms with Gasteiger partial charge in [-0.1, -0.05) is 72.3 Å². The molecular weight excluding hydrogens is 609 g/mol. The van der Waals surface area contributed by atoms with Gasteiger partial charge in [-0.25, -0.2) is 8.42 Å². The molecule has 0 unspecified atom stereocenters. The Hall–Kier alpha value is -3.27. The van der Waals surface area contributed by atoms with E-state index in [1.54, 1.807) is 55.5 Å². The molecule has 1 aliphatic carbocycles. The van der Waals surface area contributed by atoms with Crippen LogP contribution >= 0.6 is 23.2 Å². The summed E-state index contributed by atoms with van der Waals surface area (Å²) in [6.07, 6.45) is 5.00. The number of nitrogens with zero attached hydrogens (tertiary/aromatic N) is 2. The van der Waals surface area contributed by atoms with Crippen LogP contribution in [-0.4, -0.2) is 50.9 Å². The average Bonchev–Trinajstić information content (AvgIpc) is 2.99. The number of carbonyl (C=O) groups is 2. The highest BCUT2D eigenvalue weighted by Crippen LogP contribution is 2.35. The van der Waals surface area contributed by atoms with Crippen molar-refractivity contribution < 1.29 is 22.7 Å². The van der Waals surface area contributed by atoms with Gasteiger partial charge < -0.3 is 15.0 Å². The lowest BCUT2D eigenvalue weighted by molar-refractivity contribution is -0.139. The monoisotopic (exact) mass is 645 g/mol. The molecule has 1 saturated carbocycles. The van der Waals surface area contributed by atoms with Gasteiger partial charge in [0.05, 0.1) is 17.7 Å². The van der Waals surface area contributed by atoms with Crippen molar-refractivity contribution in [1.82, 2.24) is 10.2 Å². The molecule has 8 nitrogen and oxygen atoms in total. The topological polar surface area (TPSA) is 96.0 Å². The Labute approximate surface area is 264 Å². The van der Waals surface area contributed by atoms with Gasteiger partial charge in [-0.05, 0) is 74.7 Å². The van der Waals surface area contributed by atoms with Gasteiger partial charge in [-0.2, -0.15) is 0 Å². The third kappa shape index (κ3) is 8.22. The first-order valence-electron chi connectivity index (χ1n) is 14.3. The molecule has 2 amide bonds. The molecule has 1 atom stereocenters. The first kappa shape index (κ1) is 32.6. The van der Waals surface area contributed by atoms with Crippen LogP contribution in [0.15, 0.2) is 71.6 Å². The van der Waals surface area contributed by atoms with Crippen LogP contribution in [0.25, 0.3) is 0 Å². The normalized spacial score (nSPS) is 14.5. The van der Waals surface area contributed by atoms with Crippen LogP contribution < -0.4 is 14.4 Å². The minimum absolute atomic E-state index is 0.000250. The van der Waals surface area contributed by atoms with Crippen molar-refractivity contribution >= 4 is 50.7 Å². The third-order valence-corrected chi connectivity index (χ3v) is 9.94. The number of sulfonamides is 1. The Morgan fingerprint density at radius 2 is 1.58 bits per heavy atom. The predicted molar refractivity (Wildman–Crippen MR) is 170 cm³/mol. The number of ether oxygens (including phenoxy) is 1. The molecule has 0 bridgehead atoms. The maximum absolute atomic E-state index is 14.2. The summed E-state index contributed by atoms with van der Waals surface area (Å²) in [5.41, 5.74) is 1.73. The summed E-state index contributed by atoms with van der Waals surface area (Å²) in [5, 5.41) is 3.90. The zero-order valence-corrected chi connectivity index (χ0v) is 26.9. The van der Waals surface area contributed by atoms with E-state index in [0.29, 0.717) is 5.02 Å². The number of methoxy groups -OCH3 is 1. The van der Waals surface area contributed by atoms with Crippen molar-refractivity contribution in [1.29, 1.82) is 0 Å². The Kier molecular flexibility index (Phi) is 11.0. The van der Waals surface area contributed by atoms with Gasteiger partial charge in [-0.3, -0.25) is 13.9 Å². The smallest absolute Gasteiger partial charge is 0.264 e. The number of anilines is 1. The average molecular weight is 647 g/mol. The maximum Gasteiger partial charge on any atom is 0.264 e. The summed E-state index contributed by atoms with van der Waals surface area (Å²) in [6.45, 7) is 2.98. The van der Waals surface area contributed by atoms with Crippen molar-refractivity contribution in [2.24, 2.45) is 0 Å². The lowest BCUT2D eigenvalue weighted by Crippen LogP contribution is -2.53. The second-order valence-corrected chi connectivity index (χ2v) is 13.5. The number of amides is 2. The number of nitrogens with one attached hydrogen (secondary N) is 1. The molecule has 1 aliphatic rings.